The highest BCUT2D eigenvalue weighted by molar-refractivity contribution is 5.85. The fraction of sp³-hybridized carbons (Fsp3) is 0.600. The normalized spacial score (nSPS) is 25.1. The van der Waals surface area contributed by atoms with Crippen molar-refractivity contribution in [3.63, 3.8) is 0 Å². The van der Waals surface area contributed by atoms with Crippen LogP contribution in [0.3, 0.4) is 0 Å². The number of halogens is 1. The molecule has 2 aromatic heterocycles. The molecule has 1 atom stereocenters. The van der Waals surface area contributed by atoms with Crippen molar-refractivity contribution in [2.45, 2.75) is 19.4 Å². The van der Waals surface area contributed by atoms with Crippen LogP contribution in [0, 0.1) is 5.41 Å². The summed E-state index contributed by atoms with van der Waals surface area (Å²) < 4.78 is 3.19. The van der Waals surface area contributed by atoms with Crippen molar-refractivity contribution in [3.05, 3.63) is 34.9 Å². The Labute approximate surface area is 135 Å². The topological polar surface area (TPSA) is 54.6 Å². The lowest BCUT2D eigenvalue weighted by Gasteiger charge is -2.22. The highest BCUT2D eigenvalue weighted by Crippen LogP contribution is 2.35. The highest BCUT2D eigenvalue weighted by Gasteiger charge is 2.39. The maximum atomic E-state index is 12.2. The first-order chi connectivity index (χ1) is 10.3. The lowest BCUT2D eigenvalue weighted by molar-refractivity contribution is 0.262. The predicted octanol–water partition coefficient (Wildman–Crippen LogP) is 0.603. The third-order valence-electron chi connectivity index (χ3n) is 4.97. The Hall–Kier alpha value is -1.37. The molecule has 7 heteroatoms. The molecule has 0 radical (unpaired) electrons. The Morgan fingerprint density at radius 1 is 1.27 bits per heavy atom. The van der Waals surface area contributed by atoms with E-state index in [-0.39, 0.29) is 18.1 Å². The van der Waals surface area contributed by atoms with E-state index in [0.717, 1.165) is 38.4 Å². The van der Waals surface area contributed by atoms with Crippen molar-refractivity contribution < 1.29 is 0 Å². The average Bonchev–Trinajstić information content (AvgIpc) is 3.20. The molecule has 0 saturated carbocycles. The van der Waals surface area contributed by atoms with Gasteiger partial charge in [0.15, 0.2) is 5.65 Å². The van der Waals surface area contributed by atoms with Crippen LogP contribution < -0.4 is 11.0 Å². The molecular formula is C15H22ClN5O. The summed E-state index contributed by atoms with van der Waals surface area (Å²) in [5, 5.41) is 7.87. The Bertz CT molecular complexity index is 703. The molecule has 2 aromatic rings. The molecule has 120 valence electrons. The fourth-order valence-corrected chi connectivity index (χ4v) is 3.71. The maximum Gasteiger partial charge on any atom is 0.350 e. The highest BCUT2D eigenvalue weighted by atomic mass is 35.5. The number of hydrogen-bond acceptors (Lipinski definition) is 4. The molecule has 4 rings (SSSR count). The maximum absolute atomic E-state index is 12.2. The summed E-state index contributed by atoms with van der Waals surface area (Å²) in [5.41, 5.74) is 1.17. The zero-order valence-corrected chi connectivity index (χ0v) is 13.4. The van der Waals surface area contributed by atoms with Crippen LogP contribution in [0.1, 0.15) is 12.8 Å². The molecule has 2 aliphatic heterocycles. The summed E-state index contributed by atoms with van der Waals surface area (Å²) in [6.45, 7) is 6.18. The quantitative estimate of drug-likeness (QED) is 0.899. The van der Waals surface area contributed by atoms with Crippen molar-refractivity contribution in [2.75, 3.05) is 32.7 Å². The molecule has 1 spiro atoms. The van der Waals surface area contributed by atoms with Crippen LogP contribution in [0.2, 0.25) is 0 Å². The number of fused-ring (bicyclic) bond motifs is 1. The second-order valence-corrected chi connectivity index (χ2v) is 6.39. The van der Waals surface area contributed by atoms with E-state index < -0.39 is 0 Å². The minimum absolute atomic E-state index is 0. The van der Waals surface area contributed by atoms with Crippen LogP contribution in [0.4, 0.5) is 0 Å². The summed E-state index contributed by atoms with van der Waals surface area (Å²) in [6, 6.07) is 5.63. The Morgan fingerprint density at radius 2 is 2.18 bits per heavy atom. The second-order valence-electron chi connectivity index (χ2n) is 6.39. The van der Waals surface area contributed by atoms with E-state index in [1.165, 1.54) is 12.8 Å². The van der Waals surface area contributed by atoms with Gasteiger partial charge in [0.25, 0.3) is 0 Å². The van der Waals surface area contributed by atoms with E-state index >= 15 is 0 Å². The largest absolute Gasteiger partial charge is 0.350 e. The standard InChI is InChI=1S/C15H21N5O.ClH/c21-14-19-7-2-1-3-13(19)17-20(14)10-9-18-8-5-15(12-18)4-6-16-11-15;/h1-3,7,16H,4-6,8-12H2;1H. The third-order valence-corrected chi connectivity index (χ3v) is 4.97. The molecule has 4 heterocycles. The number of hydrogen-bond donors (Lipinski definition) is 1. The molecular weight excluding hydrogens is 302 g/mol. The zero-order chi connectivity index (χ0) is 14.3. The van der Waals surface area contributed by atoms with Gasteiger partial charge in [-0.3, -0.25) is 4.40 Å². The molecule has 0 aliphatic carbocycles. The first-order valence-electron chi connectivity index (χ1n) is 7.73. The van der Waals surface area contributed by atoms with E-state index in [2.05, 4.69) is 15.3 Å². The number of likely N-dealkylation sites (tertiary alicyclic amines) is 1. The lowest BCUT2D eigenvalue weighted by atomic mass is 9.87. The zero-order valence-electron chi connectivity index (χ0n) is 12.6. The van der Waals surface area contributed by atoms with Crippen LogP contribution in [0.15, 0.2) is 29.2 Å². The summed E-state index contributed by atoms with van der Waals surface area (Å²) in [4.78, 5) is 14.7. The Kier molecular flexibility index (Phi) is 4.25. The van der Waals surface area contributed by atoms with Gasteiger partial charge in [-0.15, -0.1) is 17.5 Å². The second kappa shape index (κ2) is 6.02. The smallest absolute Gasteiger partial charge is 0.316 e. The molecule has 6 nitrogen and oxygen atoms in total. The molecule has 1 N–H and O–H groups in total. The lowest BCUT2D eigenvalue weighted by Crippen LogP contribution is -2.33. The van der Waals surface area contributed by atoms with E-state index in [9.17, 15) is 4.79 Å². The van der Waals surface area contributed by atoms with Gasteiger partial charge in [-0.05, 0) is 43.5 Å². The molecule has 0 aromatic carbocycles. The van der Waals surface area contributed by atoms with Gasteiger partial charge < -0.3 is 10.2 Å². The molecule has 2 saturated heterocycles. The molecule has 22 heavy (non-hydrogen) atoms. The molecule has 1 unspecified atom stereocenters. The summed E-state index contributed by atoms with van der Waals surface area (Å²) >= 11 is 0. The van der Waals surface area contributed by atoms with Crippen molar-refractivity contribution in [2.24, 2.45) is 5.41 Å². The van der Waals surface area contributed by atoms with Crippen molar-refractivity contribution >= 4 is 18.1 Å². The third kappa shape index (κ3) is 2.66. The molecule has 0 bridgehead atoms. The first-order valence-corrected chi connectivity index (χ1v) is 7.73. The van der Waals surface area contributed by atoms with Crippen LogP contribution in [-0.4, -0.2) is 51.8 Å². The molecule has 2 aliphatic rings. The van der Waals surface area contributed by atoms with Crippen LogP contribution >= 0.6 is 12.4 Å². The van der Waals surface area contributed by atoms with Crippen LogP contribution in [0.5, 0.6) is 0 Å². The van der Waals surface area contributed by atoms with Gasteiger partial charge in [0.05, 0.1) is 6.54 Å². The van der Waals surface area contributed by atoms with Gasteiger partial charge in [0.2, 0.25) is 0 Å². The minimum atomic E-state index is -0.0398. The Balaban J connectivity index is 0.00000144. The van der Waals surface area contributed by atoms with Crippen LogP contribution in [-0.2, 0) is 6.54 Å². The van der Waals surface area contributed by atoms with Crippen molar-refractivity contribution in [3.8, 4) is 0 Å². The van der Waals surface area contributed by atoms with Gasteiger partial charge in [-0.1, -0.05) is 6.07 Å². The SMILES string of the molecule is Cl.O=c1n(CCN2CCC3(CCNC3)C2)nc2ccccn12. The predicted molar refractivity (Wildman–Crippen MR) is 87.7 cm³/mol. The van der Waals surface area contributed by atoms with Crippen molar-refractivity contribution in [1.82, 2.24) is 24.4 Å². The van der Waals surface area contributed by atoms with Gasteiger partial charge in [-0.25, -0.2) is 9.48 Å². The van der Waals surface area contributed by atoms with Gasteiger partial charge in [-0.2, -0.15) is 0 Å². The van der Waals surface area contributed by atoms with Gasteiger partial charge in [0.1, 0.15) is 0 Å². The number of nitrogens with zero attached hydrogens (tertiary/aromatic N) is 4. The summed E-state index contributed by atoms with van der Waals surface area (Å²) in [6.07, 6.45) is 4.34. The molecule has 0 amide bonds. The van der Waals surface area contributed by atoms with Gasteiger partial charge in [0, 0.05) is 25.8 Å². The number of aromatic nitrogens is 3. The number of nitrogens with one attached hydrogen (secondary N) is 1. The van der Waals surface area contributed by atoms with Gasteiger partial charge >= 0.3 is 5.69 Å². The average molecular weight is 324 g/mol. The number of rotatable bonds is 3. The first kappa shape index (κ1) is 15.5. The van der Waals surface area contributed by atoms with Crippen molar-refractivity contribution in [1.29, 1.82) is 0 Å². The molecule has 2 fully saturated rings. The van der Waals surface area contributed by atoms with E-state index in [1.807, 2.05) is 18.2 Å². The fourth-order valence-electron chi connectivity index (χ4n) is 3.71. The van der Waals surface area contributed by atoms with E-state index in [1.54, 1.807) is 15.3 Å². The summed E-state index contributed by atoms with van der Waals surface area (Å²) in [5.74, 6) is 0. The van der Waals surface area contributed by atoms with E-state index in [0.29, 0.717) is 12.0 Å². The summed E-state index contributed by atoms with van der Waals surface area (Å²) in [7, 11) is 0. The minimum Gasteiger partial charge on any atom is -0.316 e. The monoisotopic (exact) mass is 323 g/mol. The Morgan fingerprint density at radius 3 is 2.95 bits per heavy atom. The van der Waals surface area contributed by atoms with E-state index in [4.69, 9.17) is 0 Å². The van der Waals surface area contributed by atoms with Crippen LogP contribution in [0.25, 0.3) is 5.65 Å². The number of pyridine rings is 1.